The first kappa shape index (κ1) is 19.3. The molecule has 1 fully saturated rings. The van der Waals surface area contributed by atoms with Crippen molar-refractivity contribution in [3.63, 3.8) is 0 Å². The lowest BCUT2D eigenvalue weighted by atomic mass is 10.1. The summed E-state index contributed by atoms with van der Waals surface area (Å²) in [5.74, 6) is 1.80. The maximum absolute atomic E-state index is 12.6. The predicted octanol–water partition coefficient (Wildman–Crippen LogP) is 1.15. The van der Waals surface area contributed by atoms with E-state index in [1.165, 1.54) is 16.2 Å². The van der Waals surface area contributed by atoms with E-state index >= 15 is 0 Å². The number of anilines is 1. The summed E-state index contributed by atoms with van der Waals surface area (Å²) in [4.78, 5) is 24.0. The van der Waals surface area contributed by atoms with Crippen LogP contribution in [-0.4, -0.2) is 50.4 Å². The highest BCUT2D eigenvalue weighted by atomic mass is 16.5. The van der Waals surface area contributed by atoms with E-state index in [1.54, 1.807) is 26.4 Å². The Kier molecular flexibility index (Phi) is 5.40. The van der Waals surface area contributed by atoms with Crippen molar-refractivity contribution in [3.8, 4) is 11.5 Å². The number of hydrogen-bond donors (Lipinski definition) is 2. The van der Waals surface area contributed by atoms with Gasteiger partial charge in [-0.2, -0.15) is 0 Å². The van der Waals surface area contributed by atoms with Crippen LogP contribution in [0.4, 0.5) is 5.69 Å². The number of piperazine rings is 1. The lowest BCUT2D eigenvalue weighted by Gasteiger charge is -2.34. The van der Waals surface area contributed by atoms with Crippen molar-refractivity contribution in [2.75, 3.05) is 45.3 Å². The number of hydrogen-bond acceptors (Lipinski definition) is 5. The van der Waals surface area contributed by atoms with Crippen LogP contribution < -0.4 is 24.8 Å². The Morgan fingerprint density at radius 2 is 1.79 bits per heavy atom. The van der Waals surface area contributed by atoms with Crippen LogP contribution in [0.2, 0.25) is 0 Å². The minimum atomic E-state index is -0.149. The van der Waals surface area contributed by atoms with E-state index in [0.29, 0.717) is 34.8 Å². The molecule has 0 atom stereocenters. The third-order valence-corrected chi connectivity index (χ3v) is 5.60. The second-order valence-corrected chi connectivity index (χ2v) is 7.44. The van der Waals surface area contributed by atoms with Gasteiger partial charge in [0.25, 0.3) is 5.56 Å². The zero-order valence-corrected chi connectivity index (χ0v) is 17.1. The van der Waals surface area contributed by atoms with E-state index in [4.69, 9.17) is 9.47 Å². The van der Waals surface area contributed by atoms with Gasteiger partial charge >= 0.3 is 0 Å². The predicted molar refractivity (Wildman–Crippen MR) is 113 cm³/mol. The van der Waals surface area contributed by atoms with E-state index in [9.17, 15) is 4.79 Å². The number of nitrogens with one attached hydrogen (secondary N) is 2. The number of ether oxygens (including phenoxy) is 2. The van der Waals surface area contributed by atoms with Crippen molar-refractivity contribution in [2.24, 2.45) is 0 Å². The molecule has 4 rings (SSSR count). The van der Waals surface area contributed by atoms with Crippen molar-refractivity contribution in [3.05, 3.63) is 58.1 Å². The van der Waals surface area contributed by atoms with Gasteiger partial charge in [-0.3, -0.25) is 4.79 Å². The van der Waals surface area contributed by atoms with Crippen molar-refractivity contribution in [1.29, 1.82) is 0 Å². The molecule has 3 aromatic rings. The van der Waals surface area contributed by atoms with Crippen molar-refractivity contribution < 1.29 is 14.4 Å². The Morgan fingerprint density at radius 3 is 2.48 bits per heavy atom. The number of quaternary nitrogens is 1. The third-order valence-electron chi connectivity index (χ3n) is 5.60. The van der Waals surface area contributed by atoms with E-state index in [0.717, 1.165) is 26.2 Å². The van der Waals surface area contributed by atoms with Gasteiger partial charge in [0.15, 0.2) is 17.3 Å². The van der Waals surface area contributed by atoms with Gasteiger partial charge in [0.2, 0.25) is 0 Å². The second-order valence-electron chi connectivity index (χ2n) is 7.44. The molecule has 2 aromatic carbocycles. The standard InChI is InChI=1S/C22H26N4O3/c1-15-6-4-5-7-18(15)26-10-8-25(9-11-26)14-21-23-17-13-20(29-3)19(28-2)12-16(17)22(27)24-21/h4-7,12-13H,8-11,14H2,1-3H3,(H,23,24,27)/p+1. The summed E-state index contributed by atoms with van der Waals surface area (Å²) < 4.78 is 10.6. The van der Waals surface area contributed by atoms with Crippen LogP contribution >= 0.6 is 0 Å². The molecule has 0 unspecified atom stereocenters. The highest BCUT2D eigenvalue weighted by Gasteiger charge is 2.22. The van der Waals surface area contributed by atoms with Crippen LogP contribution in [0.1, 0.15) is 11.4 Å². The van der Waals surface area contributed by atoms with Gasteiger partial charge in [-0.05, 0) is 24.6 Å². The van der Waals surface area contributed by atoms with E-state index in [2.05, 4.69) is 46.1 Å². The molecule has 7 nitrogen and oxygen atoms in total. The average molecular weight is 395 g/mol. The molecule has 2 N–H and O–H groups in total. The van der Waals surface area contributed by atoms with E-state index in [-0.39, 0.29) is 5.56 Å². The number of para-hydroxylation sites is 1. The summed E-state index contributed by atoms with van der Waals surface area (Å²) in [6.07, 6.45) is 0. The van der Waals surface area contributed by atoms with E-state index in [1.807, 2.05) is 0 Å². The molecule has 0 spiro atoms. The molecule has 0 saturated carbocycles. The fourth-order valence-corrected chi connectivity index (χ4v) is 3.99. The number of methoxy groups -OCH3 is 2. The highest BCUT2D eigenvalue weighted by Crippen LogP contribution is 2.29. The van der Waals surface area contributed by atoms with Crippen molar-refractivity contribution in [1.82, 2.24) is 9.97 Å². The number of aromatic nitrogens is 2. The molecule has 1 aliphatic rings. The summed E-state index contributed by atoms with van der Waals surface area (Å²) in [7, 11) is 3.13. The number of rotatable bonds is 5. The quantitative estimate of drug-likeness (QED) is 0.678. The molecule has 29 heavy (non-hydrogen) atoms. The monoisotopic (exact) mass is 395 g/mol. The fraction of sp³-hybridized carbons (Fsp3) is 0.364. The van der Waals surface area contributed by atoms with Crippen LogP contribution in [0, 0.1) is 6.92 Å². The number of aromatic amines is 1. The topological polar surface area (TPSA) is 71.9 Å². The Labute approximate surface area is 169 Å². The lowest BCUT2D eigenvalue weighted by molar-refractivity contribution is -0.915. The third kappa shape index (κ3) is 3.91. The van der Waals surface area contributed by atoms with Gasteiger partial charge < -0.3 is 24.3 Å². The first-order valence-corrected chi connectivity index (χ1v) is 9.88. The zero-order chi connectivity index (χ0) is 20.4. The molecule has 2 heterocycles. The molecule has 0 amide bonds. The minimum Gasteiger partial charge on any atom is -0.493 e. The lowest BCUT2D eigenvalue weighted by Crippen LogP contribution is -3.13. The first-order valence-electron chi connectivity index (χ1n) is 9.88. The summed E-state index contributed by atoms with van der Waals surface area (Å²) >= 11 is 0. The van der Waals surface area contributed by atoms with Gasteiger partial charge in [0.05, 0.1) is 51.3 Å². The Bertz CT molecular complexity index is 1070. The van der Waals surface area contributed by atoms with Gasteiger partial charge in [-0.15, -0.1) is 0 Å². The van der Waals surface area contributed by atoms with Crippen molar-refractivity contribution in [2.45, 2.75) is 13.5 Å². The number of nitrogens with zero attached hydrogens (tertiary/aromatic N) is 2. The summed E-state index contributed by atoms with van der Waals surface area (Å²) in [6, 6.07) is 11.9. The molecule has 152 valence electrons. The summed E-state index contributed by atoms with van der Waals surface area (Å²) in [5, 5.41) is 0.505. The normalized spacial score (nSPS) is 14.9. The molecular weight excluding hydrogens is 368 g/mol. The SMILES string of the molecule is COc1cc2nc(C[NH+]3CCN(c4ccccc4C)CC3)[nH]c(=O)c2cc1OC. The Hall–Kier alpha value is -3.06. The molecule has 0 aliphatic carbocycles. The Balaban J connectivity index is 1.50. The molecular formula is C22H27N4O3+. The maximum Gasteiger partial charge on any atom is 0.259 e. The van der Waals surface area contributed by atoms with Gasteiger partial charge in [0.1, 0.15) is 6.54 Å². The first-order chi connectivity index (χ1) is 14.1. The minimum absolute atomic E-state index is 0.149. The Morgan fingerprint density at radius 1 is 1.10 bits per heavy atom. The van der Waals surface area contributed by atoms with Crippen molar-refractivity contribution >= 4 is 16.6 Å². The van der Waals surface area contributed by atoms with Crippen LogP contribution in [-0.2, 0) is 6.54 Å². The van der Waals surface area contributed by atoms with Crippen LogP contribution in [0.3, 0.4) is 0 Å². The smallest absolute Gasteiger partial charge is 0.259 e. The molecule has 0 bridgehead atoms. The van der Waals surface area contributed by atoms with Crippen LogP contribution in [0.15, 0.2) is 41.2 Å². The largest absolute Gasteiger partial charge is 0.493 e. The van der Waals surface area contributed by atoms with Gasteiger partial charge in [-0.25, -0.2) is 4.98 Å². The van der Waals surface area contributed by atoms with Gasteiger partial charge in [-0.1, -0.05) is 18.2 Å². The summed E-state index contributed by atoms with van der Waals surface area (Å²) in [6.45, 7) is 6.83. The maximum atomic E-state index is 12.6. The second kappa shape index (κ2) is 8.13. The zero-order valence-electron chi connectivity index (χ0n) is 17.1. The fourth-order valence-electron chi connectivity index (χ4n) is 3.99. The van der Waals surface area contributed by atoms with Gasteiger partial charge in [0, 0.05) is 11.8 Å². The molecule has 1 aliphatic heterocycles. The average Bonchev–Trinajstić information content (AvgIpc) is 2.74. The van der Waals surface area contributed by atoms with E-state index < -0.39 is 0 Å². The highest BCUT2D eigenvalue weighted by molar-refractivity contribution is 5.81. The molecule has 1 aromatic heterocycles. The number of H-pyrrole nitrogens is 1. The van der Waals surface area contributed by atoms with Crippen LogP contribution in [0.25, 0.3) is 10.9 Å². The number of aryl methyl sites for hydroxylation is 1. The number of fused-ring (bicyclic) bond motifs is 1. The molecule has 7 heteroatoms. The molecule has 0 radical (unpaired) electrons. The summed E-state index contributed by atoms with van der Waals surface area (Å²) in [5.41, 5.74) is 3.09. The molecule has 1 saturated heterocycles. The van der Waals surface area contributed by atoms with Crippen LogP contribution in [0.5, 0.6) is 11.5 Å². The number of benzene rings is 2.